The summed E-state index contributed by atoms with van der Waals surface area (Å²) in [7, 11) is 1.31. The monoisotopic (exact) mass is 289 g/mol. The first-order chi connectivity index (χ1) is 9.55. The van der Waals surface area contributed by atoms with Crippen LogP contribution in [0.2, 0.25) is 5.02 Å². The Balaban J connectivity index is 2.35. The van der Waals surface area contributed by atoms with E-state index in [4.69, 9.17) is 27.3 Å². The maximum Gasteiger partial charge on any atom is 0.354 e. The van der Waals surface area contributed by atoms with Crippen molar-refractivity contribution in [2.75, 3.05) is 12.8 Å². The van der Waals surface area contributed by atoms with E-state index in [2.05, 4.69) is 0 Å². The molecule has 2 N–H and O–H groups in total. The van der Waals surface area contributed by atoms with Crippen molar-refractivity contribution in [1.82, 2.24) is 4.57 Å². The molecule has 0 aliphatic heterocycles. The van der Waals surface area contributed by atoms with Crippen LogP contribution in [0.4, 0.5) is 5.69 Å². The van der Waals surface area contributed by atoms with Gasteiger partial charge >= 0.3 is 5.97 Å². The molecule has 102 valence electrons. The van der Waals surface area contributed by atoms with E-state index in [0.717, 1.165) is 5.56 Å². The molecule has 5 nitrogen and oxygen atoms in total. The first-order valence-electron chi connectivity index (χ1n) is 5.77. The Kier molecular flexibility index (Phi) is 3.97. The van der Waals surface area contributed by atoms with Crippen molar-refractivity contribution in [1.29, 1.82) is 5.26 Å². The first kappa shape index (κ1) is 14.0. The Hall–Kier alpha value is -2.45. The van der Waals surface area contributed by atoms with Crippen LogP contribution in [0.15, 0.2) is 30.5 Å². The predicted octanol–water partition coefficient (Wildman–Crippen LogP) is 2.43. The maximum atomic E-state index is 11.6. The fourth-order valence-corrected chi connectivity index (χ4v) is 2.11. The lowest BCUT2D eigenvalue weighted by Crippen LogP contribution is -2.10. The minimum atomic E-state index is -0.466. The number of esters is 1. The van der Waals surface area contributed by atoms with Gasteiger partial charge in [0.1, 0.15) is 5.69 Å². The molecular formula is C14H12ClN3O2. The Morgan fingerprint density at radius 2 is 2.25 bits per heavy atom. The summed E-state index contributed by atoms with van der Waals surface area (Å²) >= 11 is 6.12. The molecule has 2 aromatic rings. The topological polar surface area (TPSA) is 81.0 Å². The second kappa shape index (κ2) is 5.68. The number of hydrogen-bond acceptors (Lipinski definition) is 4. The minimum absolute atomic E-state index is 0.352. The Bertz CT molecular complexity index is 701. The molecule has 0 atom stereocenters. The van der Waals surface area contributed by atoms with Gasteiger partial charge in [-0.3, -0.25) is 0 Å². The summed E-state index contributed by atoms with van der Waals surface area (Å²) in [6.45, 7) is 0.367. The summed E-state index contributed by atoms with van der Waals surface area (Å²) in [6.07, 6.45) is 1.64. The molecule has 0 saturated carbocycles. The predicted molar refractivity (Wildman–Crippen MR) is 75.5 cm³/mol. The number of rotatable bonds is 3. The molecular weight excluding hydrogens is 278 g/mol. The van der Waals surface area contributed by atoms with Crippen LogP contribution < -0.4 is 5.73 Å². The zero-order valence-electron chi connectivity index (χ0n) is 10.8. The van der Waals surface area contributed by atoms with Crippen LogP contribution in [0, 0.1) is 11.3 Å². The Morgan fingerprint density at radius 3 is 2.85 bits per heavy atom. The average Bonchev–Trinajstić information content (AvgIpc) is 2.81. The van der Waals surface area contributed by atoms with E-state index in [1.807, 2.05) is 6.07 Å². The summed E-state index contributed by atoms with van der Waals surface area (Å²) in [4.78, 5) is 11.6. The number of hydrogen-bond donors (Lipinski definition) is 1. The van der Waals surface area contributed by atoms with Crippen molar-refractivity contribution >= 4 is 23.3 Å². The molecule has 0 saturated heterocycles. The number of nitrogens with zero attached hydrogens (tertiary/aromatic N) is 2. The van der Waals surface area contributed by atoms with Gasteiger partial charge in [-0.15, -0.1) is 0 Å². The number of aromatic nitrogens is 1. The summed E-state index contributed by atoms with van der Waals surface area (Å²) in [6, 6.07) is 8.57. The van der Waals surface area contributed by atoms with Gasteiger partial charge in [0, 0.05) is 17.8 Å². The highest BCUT2D eigenvalue weighted by atomic mass is 35.5. The lowest BCUT2D eigenvalue weighted by molar-refractivity contribution is 0.0589. The van der Waals surface area contributed by atoms with Crippen LogP contribution in [0.3, 0.4) is 0 Å². The van der Waals surface area contributed by atoms with Crippen molar-refractivity contribution in [2.24, 2.45) is 0 Å². The molecule has 0 fully saturated rings. The van der Waals surface area contributed by atoms with Crippen molar-refractivity contribution in [3.8, 4) is 6.07 Å². The molecule has 1 aromatic heterocycles. The fraction of sp³-hybridized carbons (Fsp3) is 0.143. The standard InChI is InChI=1S/C14H12ClN3O2/c1-20-14(19)13-5-11(17)8-18(13)7-10-3-2-9(6-16)4-12(10)15/h2-5,8H,7,17H2,1H3. The molecule has 0 amide bonds. The lowest BCUT2D eigenvalue weighted by Gasteiger charge is -2.09. The van der Waals surface area contributed by atoms with Gasteiger partial charge in [0.25, 0.3) is 0 Å². The highest BCUT2D eigenvalue weighted by Gasteiger charge is 2.14. The van der Waals surface area contributed by atoms with Gasteiger partial charge < -0.3 is 15.0 Å². The highest BCUT2D eigenvalue weighted by Crippen LogP contribution is 2.21. The normalized spacial score (nSPS) is 10.1. The molecule has 20 heavy (non-hydrogen) atoms. The number of ether oxygens (including phenoxy) is 1. The van der Waals surface area contributed by atoms with Crippen LogP contribution in [0.25, 0.3) is 0 Å². The summed E-state index contributed by atoms with van der Waals surface area (Å²) in [5.74, 6) is -0.466. The SMILES string of the molecule is COC(=O)c1cc(N)cn1Cc1ccc(C#N)cc1Cl. The van der Waals surface area contributed by atoms with Gasteiger partial charge in [-0.1, -0.05) is 17.7 Å². The van der Waals surface area contributed by atoms with Crippen molar-refractivity contribution in [3.05, 3.63) is 52.3 Å². The first-order valence-corrected chi connectivity index (χ1v) is 6.15. The van der Waals surface area contributed by atoms with E-state index in [1.54, 1.807) is 35.0 Å². The van der Waals surface area contributed by atoms with Crippen molar-refractivity contribution in [2.45, 2.75) is 6.54 Å². The van der Waals surface area contributed by atoms with Gasteiger partial charge in [-0.2, -0.15) is 5.26 Å². The van der Waals surface area contributed by atoms with E-state index in [0.29, 0.717) is 28.5 Å². The Morgan fingerprint density at radius 1 is 1.50 bits per heavy atom. The van der Waals surface area contributed by atoms with Crippen LogP contribution in [-0.4, -0.2) is 17.6 Å². The summed E-state index contributed by atoms with van der Waals surface area (Å²) in [5, 5.41) is 9.27. The number of nitriles is 1. The number of benzene rings is 1. The number of carbonyl (C=O) groups is 1. The quantitative estimate of drug-likeness (QED) is 0.880. The molecule has 2 rings (SSSR count). The molecule has 1 heterocycles. The van der Waals surface area contributed by atoms with Crippen molar-refractivity contribution < 1.29 is 9.53 Å². The third-order valence-corrected chi connectivity index (χ3v) is 3.19. The maximum absolute atomic E-state index is 11.6. The largest absolute Gasteiger partial charge is 0.464 e. The lowest BCUT2D eigenvalue weighted by atomic mass is 10.1. The van der Waals surface area contributed by atoms with Crippen LogP contribution in [0.5, 0.6) is 0 Å². The van der Waals surface area contributed by atoms with Crippen molar-refractivity contribution in [3.63, 3.8) is 0 Å². The molecule has 0 aliphatic carbocycles. The second-order valence-electron chi connectivity index (χ2n) is 4.20. The van der Waals surface area contributed by atoms with E-state index < -0.39 is 5.97 Å². The molecule has 1 aromatic carbocycles. The zero-order chi connectivity index (χ0) is 14.7. The summed E-state index contributed by atoms with van der Waals surface area (Å²) < 4.78 is 6.36. The molecule has 0 spiro atoms. The molecule has 0 bridgehead atoms. The molecule has 0 unspecified atom stereocenters. The molecule has 6 heteroatoms. The van der Waals surface area contributed by atoms with Gasteiger partial charge in [0.2, 0.25) is 0 Å². The van der Waals surface area contributed by atoms with Crippen LogP contribution in [-0.2, 0) is 11.3 Å². The number of nitrogens with two attached hydrogens (primary N) is 1. The van der Waals surface area contributed by atoms with Gasteiger partial charge in [-0.25, -0.2) is 4.79 Å². The molecule has 0 radical (unpaired) electrons. The number of methoxy groups -OCH3 is 1. The highest BCUT2D eigenvalue weighted by molar-refractivity contribution is 6.31. The molecule has 0 aliphatic rings. The van der Waals surface area contributed by atoms with E-state index >= 15 is 0 Å². The minimum Gasteiger partial charge on any atom is -0.464 e. The number of halogens is 1. The van der Waals surface area contributed by atoms with Gasteiger partial charge in [0.15, 0.2) is 0 Å². The van der Waals surface area contributed by atoms with Gasteiger partial charge in [0.05, 0.1) is 24.4 Å². The fourth-order valence-electron chi connectivity index (χ4n) is 1.87. The van der Waals surface area contributed by atoms with E-state index in [9.17, 15) is 4.79 Å². The zero-order valence-corrected chi connectivity index (χ0v) is 11.5. The van der Waals surface area contributed by atoms with Crippen LogP contribution >= 0.6 is 11.6 Å². The van der Waals surface area contributed by atoms with Crippen LogP contribution in [0.1, 0.15) is 21.6 Å². The summed E-state index contributed by atoms with van der Waals surface area (Å²) in [5.41, 5.74) is 7.79. The van der Waals surface area contributed by atoms with Gasteiger partial charge in [-0.05, 0) is 23.8 Å². The average molecular weight is 290 g/mol. The third-order valence-electron chi connectivity index (χ3n) is 2.84. The second-order valence-corrected chi connectivity index (χ2v) is 4.60. The van der Waals surface area contributed by atoms with E-state index in [-0.39, 0.29) is 0 Å². The smallest absolute Gasteiger partial charge is 0.354 e. The number of carbonyl (C=O) groups excluding carboxylic acids is 1. The van der Waals surface area contributed by atoms with E-state index in [1.165, 1.54) is 7.11 Å². The third kappa shape index (κ3) is 2.76. The number of nitrogen functional groups attached to an aromatic ring is 1. The Labute approximate surface area is 121 Å². The number of anilines is 1.